The lowest BCUT2D eigenvalue weighted by molar-refractivity contribution is 0.173. The Morgan fingerprint density at radius 2 is 2.21 bits per heavy atom. The average Bonchev–Trinajstić information content (AvgIpc) is 2.62. The molecule has 14 heavy (non-hydrogen) atoms. The number of hydrogen-bond donors (Lipinski definition) is 1. The first-order valence-corrected chi connectivity index (χ1v) is 4.99. The summed E-state index contributed by atoms with van der Waals surface area (Å²) >= 11 is 5.53. The Hall–Kier alpha value is -1.06. The minimum Gasteiger partial charge on any atom is -0.390 e. The first kappa shape index (κ1) is 9.49. The number of alkyl halides is 1. The van der Waals surface area contributed by atoms with Gasteiger partial charge in [-0.1, -0.05) is 18.2 Å². The monoisotopic (exact) mass is 210 g/mol. The van der Waals surface area contributed by atoms with Crippen LogP contribution in [0.25, 0.3) is 10.9 Å². The molecule has 0 bridgehead atoms. The zero-order valence-electron chi connectivity index (χ0n) is 7.60. The van der Waals surface area contributed by atoms with Crippen molar-refractivity contribution in [2.45, 2.75) is 12.6 Å². The molecule has 0 fully saturated rings. The maximum Gasteiger partial charge on any atom is 0.0871 e. The summed E-state index contributed by atoms with van der Waals surface area (Å²) in [5.41, 5.74) is 1.02. The standard InChI is InChI=1S/C10H11ClN2O/c11-5-9(14)7-13-10-4-2-1-3-8(10)6-12-13/h1-4,6,9,14H,5,7H2. The Balaban J connectivity index is 2.33. The topological polar surface area (TPSA) is 38.0 Å². The average molecular weight is 211 g/mol. The van der Waals surface area contributed by atoms with Crippen LogP contribution in [-0.2, 0) is 6.54 Å². The van der Waals surface area contributed by atoms with Gasteiger partial charge in [0.05, 0.1) is 30.2 Å². The van der Waals surface area contributed by atoms with Crippen LogP contribution >= 0.6 is 11.6 Å². The van der Waals surface area contributed by atoms with Gasteiger partial charge in [0.25, 0.3) is 0 Å². The summed E-state index contributed by atoms with van der Waals surface area (Å²) in [5, 5.41) is 14.7. The molecular formula is C10H11ClN2O. The van der Waals surface area contributed by atoms with Crippen molar-refractivity contribution >= 4 is 22.5 Å². The predicted octanol–water partition coefficient (Wildman–Crippen LogP) is 1.64. The Morgan fingerprint density at radius 3 is 3.00 bits per heavy atom. The lowest BCUT2D eigenvalue weighted by Crippen LogP contribution is -2.18. The second kappa shape index (κ2) is 3.98. The molecule has 2 rings (SSSR count). The molecule has 0 saturated heterocycles. The van der Waals surface area contributed by atoms with Crippen LogP contribution in [0.3, 0.4) is 0 Å². The number of aliphatic hydroxyl groups excluding tert-OH is 1. The molecule has 1 heterocycles. The van der Waals surface area contributed by atoms with E-state index in [0.717, 1.165) is 10.9 Å². The van der Waals surface area contributed by atoms with E-state index in [1.807, 2.05) is 24.3 Å². The SMILES string of the molecule is OC(CCl)Cn1ncc2ccccc21. The molecule has 1 N–H and O–H groups in total. The predicted molar refractivity (Wildman–Crippen MR) is 56.5 cm³/mol. The summed E-state index contributed by atoms with van der Waals surface area (Å²) in [4.78, 5) is 0. The first-order valence-electron chi connectivity index (χ1n) is 4.46. The fourth-order valence-electron chi connectivity index (χ4n) is 1.42. The molecule has 0 aliphatic carbocycles. The molecule has 4 heteroatoms. The molecule has 0 amide bonds. The third-order valence-electron chi connectivity index (χ3n) is 2.11. The molecule has 0 spiro atoms. The molecule has 74 valence electrons. The molecular weight excluding hydrogens is 200 g/mol. The maximum absolute atomic E-state index is 9.40. The van der Waals surface area contributed by atoms with Crippen LogP contribution in [0.15, 0.2) is 30.5 Å². The minimum absolute atomic E-state index is 0.230. The van der Waals surface area contributed by atoms with Crippen molar-refractivity contribution in [3.8, 4) is 0 Å². The molecule has 2 aromatic rings. The fourth-order valence-corrected chi connectivity index (χ4v) is 1.52. The van der Waals surface area contributed by atoms with E-state index in [0.29, 0.717) is 6.54 Å². The number of aliphatic hydroxyl groups is 1. The van der Waals surface area contributed by atoms with Crippen molar-refractivity contribution < 1.29 is 5.11 Å². The minimum atomic E-state index is -0.542. The van der Waals surface area contributed by atoms with Gasteiger partial charge in [-0.25, -0.2) is 0 Å². The first-order chi connectivity index (χ1) is 6.81. The summed E-state index contributed by atoms with van der Waals surface area (Å²) in [7, 11) is 0. The lowest BCUT2D eigenvalue weighted by atomic mass is 10.2. The lowest BCUT2D eigenvalue weighted by Gasteiger charge is -2.07. The summed E-state index contributed by atoms with van der Waals surface area (Å²) in [6.07, 6.45) is 1.25. The summed E-state index contributed by atoms with van der Waals surface area (Å²) < 4.78 is 1.77. The van der Waals surface area contributed by atoms with Crippen LogP contribution in [0.4, 0.5) is 0 Å². The van der Waals surface area contributed by atoms with Crippen molar-refractivity contribution in [2.75, 3.05) is 5.88 Å². The van der Waals surface area contributed by atoms with Crippen molar-refractivity contribution in [1.82, 2.24) is 9.78 Å². The van der Waals surface area contributed by atoms with E-state index in [2.05, 4.69) is 5.10 Å². The highest BCUT2D eigenvalue weighted by atomic mass is 35.5. The molecule has 0 saturated carbocycles. The fraction of sp³-hybridized carbons (Fsp3) is 0.300. The molecule has 1 atom stereocenters. The maximum atomic E-state index is 9.40. The Morgan fingerprint density at radius 1 is 1.43 bits per heavy atom. The van der Waals surface area contributed by atoms with Gasteiger partial charge in [0.2, 0.25) is 0 Å². The van der Waals surface area contributed by atoms with Crippen molar-refractivity contribution in [2.24, 2.45) is 0 Å². The number of hydrogen-bond acceptors (Lipinski definition) is 2. The van der Waals surface area contributed by atoms with Crippen LogP contribution in [-0.4, -0.2) is 26.9 Å². The van der Waals surface area contributed by atoms with Gasteiger partial charge < -0.3 is 5.11 Å². The van der Waals surface area contributed by atoms with Crippen LogP contribution in [0, 0.1) is 0 Å². The second-order valence-electron chi connectivity index (χ2n) is 3.19. The third-order valence-corrected chi connectivity index (χ3v) is 2.47. The Labute approximate surface area is 86.9 Å². The van der Waals surface area contributed by atoms with Crippen LogP contribution < -0.4 is 0 Å². The number of aromatic nitrogens is 2. The Kier molecular flexibility index (Phi) is 2.70. The van der Waals surface area contributed by atoms with Crippen LogP contribution in [0.1, 0.15) is 0 Å². The molecule has 1 aromatic carbocycles. The largest absolute Gasteiger partial charge is 0.390 e. The van der Waals surface area contributed by atoms with Crippen molar-refractivity contribution in [3.05, 3.63) is 30.5 Å². The summed E-state index contributed by atoms with van der Waals surface area (Å²) in [6, 6.07) is 7.88. The number of fused-ring (bicyclic) bond motifs is 1. The quantitative estimate of drug-likeness (QED) is 0.783. The molecule has 1 aromatic heterocycles. The number of halogens is 1. The van der Waals surface area contributed by atoms with E-state index in [1.165, 1.54) is 0 Å². The van der Waals surface area contributed by atoms with Gasteiger partial charge >= 0.3 is 0 Å². The van der Waals surface area contributed by atoms with Gasteiger partial charge in [0.15, 0.2) is 0 Å². The molecule has 0 aliphatic rings. The van der Waals surface area contributed by atoms with E-state index in [9.17, 15) is 5.11 Å². The van der Waals surface area contributed by atoms with Gasteiger partial charge in [-0.15, -0.1) is 11.6 Å². The summed E-state index contributed by atoms with van der Waals surface area (Å²) in [5.74, 6) is 0.230. The molecule has 0 aliphatic heterocycles. The van der Waals surface area contributed by atoms with Crippen molar-refractivity contribution in [3.63, 3.8) is 0 Å². The number of rotatable bonds is 3. The zero-order chi connectivity index (χ0) is 9.97. The van der Waals surface area contributed by atoms with E-state index in [-0.39, 0.29) is 5.88 Å². The van der Waals surface area contributed by atoms with Gasteiger partial charge in [0.1, 0.15) is 0 Å². The van der Waals surface area contributed by atoms with Crippen LogP contribution in [0.5, 0.6) is 0 Å². The highest BCUT2D eigenvalue weighted by Crippen LogP contribution is 2.12. The van der Waals surface area contributed by atoms with Gasteiger partial charge in [-0.2, -0.15) is 5.10 Å². The van der Waals surface area contributed by atoms with E-state index >= 15 is 0 Å². The molecule has 0 radical (unpaired) electrons. The summed E-state index contributed by atoms with van der Waals surface area (Å²) in [6.45, 7) is 0.441. The van der Waals surface area contributed by atoms with E-state index < -0.39 is 6.10 Å². The second-order valence-corrected chi connectivity index (χ2v) is 3.50. The number of nitrogens with zero attached hydrogens (tertiary/aromatic N) is 2. The highest BCUT2D eigenvalue weighted by Gasteiger charge is 2.06. The highest BCUT2D eigenvalue weighted by molar-refractivity contribution is 6.18. The van der Waals surface area contributed by atoms with Crippen molar-refractivity contribution in [1.29, 1.82) is 0 Å². The number of benzene rings is 1. The van der Waals surface area contributed by atoms with Crippen LogP contribution in [0.2, 0.25) is 0 Å². The molecule has 3 nitrogen and oxygen atoms in total. The third kappa shape index (κ3) is 1.74. The number of para-hydroxylation sites is 1. The van der Waals surface area contributed by atoms with E-state index in [1.54, 1.807) is 10.9 Å². The zero-order valence-corrected chi connectivity index (χ0v) is 8.35. The van der Waals surface area contributed by atoms with Gasteiger partial charge in [-0.3, -0.25) is 4.68 Å². The normalized spacial score (nSPS) is 13.3. The molecule has 1 unspecified atom stereocenters. The Bertz CT molecular complexity index is 427. The smallest absolute Gasteiger partial charge is 0.0871 e. The van der Waals surface area contributed by atoms with Gasteiger partial charge in [0, 0.05) is 5.39 Å². The van der Waals surface area contributed by atoms with E-state index in [4.69, 9.17) is 11.6 Å². The van der Waals surface area contributed by atoms with Gasteiger partial charge in [-0.05, 0) is 6.07 Å².